The number of hydroxylamine groups is 1. The van der Waals surface area contributed by atoms with E-state index in [-0.39, 0.29) is 10.7 Å². The Morgan fingerprint density at radius 1 is 1.00 bits per heavy atom. The number of hydrogen-bond acceptors (Lipinski definition) is 7. The van der Waals surface area contributed by atoms with Crippen molar-refractivity contribution in [3.63, 3.8) is 0 Å². The highest BCUT2D eigenvalue weighted by atomic mass is 35.5. The first-order valence-electron chi connectivity index (χ1n) is 11.0. The first kappa shape index (κ1) is 22.8. The fraction of sp³-hybridized carbons (Fsp3) is 0.200. The van der Waals surface area contributed by atoms with Gasteiger partial charge in [0.25, 0.3) is 11.6 Å². The summed E-state index contributed by atoms with van der Waals surface area (Å²) < 4.78 is 5.44. The lowest BCUT2D eigenvalue weighted by Crippen LogP contribution is -2.37. The number of para-hydroxylation sites is 1. The standard InChI is InChI=1S/C25H20ClN3O6/c1-2-34-18-11-8-15(9-12-18)27-24(30)21-22(19-14-17(29(32)33)10-13-20(19)26)28(35-23(21)25(27)31)16-6-4-3-5-7-16/h3-14,21-23H,2H2,1H3/t21-,22-,23-/m0/s1. The van der Waals surface area contributed by atoms with Gasteiger partial charge in [0.05, 0.1) is 28.9 Å². The molecular weight excluding hydrogens is 474 g/mol. The van der Waals surface area contributed by atoms with Crippen LogP contribution in [0.25, 0.3) is 0 Å². The molecule has 0 aromatic heterocycles. The van der Waals surface area contributed by atoms with Crippen LogP contribution in [-0.2, 0) is 14.4 Å². The maximum atomic E-state index is 13.7. The lowest BCUT2D eigenvalue weighted by molar-refractivity contribution is -0.384. The number of non-ortho nitro benzene ring substituents is 1. The molecular formula is C25H20ClN3O6. The van der Waals surface area contributed by atoms with Gasteiger partial charge in [-0.15, -0.1) is 0 Å². The normalized spacial score (nSPS) is 21.4. The van der Waals surface area contributed by atoms with E-state index >= 15 is 0 Å². The summed E-state index contributed by atoms with van der Waals surface area (Å²) in [6.45, 7) is 2.34. The minimum Gasteiger partial charge on any atom is -0.494 e. The summed E-state index contributed by atoms with van der Waals surface area (Å²) in [4.78, 5) is 45.2. The molecule has 2 fully saturated rings. The Kier molecular flexibility index (Phi) is 5.88. The van der Waals surface area contributed by atoms with E-state index in [0.717, 1.165) is 4.90 Å². The maximum Gasteiger partial charge on any atom is 0.269 e. The number of hydrogen-bond donors (Lipinski definition) is 0. The van der Waals surface area contributed by atoms with Gasteiger partial charge < -0.3 is 4.74 Å². The van der Waals surface area contributed by atoms with Crippen molar-refractivity contribution in [1.82, 2.24) is 0 Å². The summed E-state index contributed by atoms with van der Waals surface area (Å²) in [5.41, 5.74) is 1.12. The summed E-state index contributed by atoms with van der Waals surface area (Å²) in [5.74, 6) is -1.35. The Morgan fingerprint density at radius 2 is 1.71 bits per heavy atom. The van der Waals surface area contributed by atoms with Crippen molar-refractivity contribution < 1.29 is 24.1 Å². The van der Waals surface area contributed by atoms with Gasteiger partial charge in [0.2, 0.25) is 5.91 Å². The molecule has 178 valence electrons. The van der Waals surface area contributed by atoms with Crippen LogP contribution in [-0.4, -0.2) is 29.4 Å². The summed E-state index contributed by atoms with van der Waals surface area (Å²) in [6.07, 6.45) is -1.12. The zero-order chi connectivity index (χ0) is 24.7. The molecule has 2 aliphatic heterocycles. The van der Waals surface area contributed by atoms with Crippen molar-refractivity contribution in [2.45, 2.75) is 19.1 Å². The van der Waals surface area contributed by atoms with E-state index in [9.17, 15) is 19.7 Å². The van der Waals surface area contributed by atoms with Crippen LogP contribution < -0.4 is 14.7 Å². The van der Waals surface area contributed by atoms with E-state index < -0.39 is 34.8 Å². The predicted molar refractivity (Wildman–Crippen MR) is 128 cm³/mol. The molecule has 0 radical (unpaired) electrons. The monoisotopic (exact) mass is 493 g/mol. The number of nitrogens with zero attached hydrogens (tertiary/aromatic N) is 3. The molecule has 0 unspecified atom stereocenters. The second kappa shape index (κ2) is 9.01. The van der Waals surface area contributed by atoms with Crippen LogP contribution >= 0.6 is 11.6 Å². The van der Waals surface area contributed by atoms with Crippen LogP contribution in [0.1, 0.15) is 18.5 Å². The fourth-order valence-corrected chi connectivity index (χ4v) is 4.74. The van der Waals surface area contributed by atoms with Crippen LogP contribution in [0.2, 0.25) is 5.02 Å². The van der Waals surface area contributed by atoms with Gasteiger partial charge in [0, 0.05) is 22.7 Å². The van der Waals surface area contributed by atoms with Gasteiger partial charge in [0.15, 0.2) is 6.10 Å². The molecule has 0 aliphatic carbocycles. The highest BCUT2D eigenvalue weighted by molar-refractivity contribution is 6.31. The molecule has 3 aromatic rings. The van der Waals surface area contributed by atoms with Crippen molar-refractivity contribution in [1.29, 1.82) is 0 Å². The van der Waals surface area contributed by atoms with E-state index in [4.69, 9.17) is 21.2 Å². The fourth-order valence-electron chi connectivity index (χ4n) is 4.51. The molecule has 5 rings (SSSR count). The molecule has 0 saturated carbocycles. The van der Waals surface area contributed by atoms with E-state index in [1.54, 1.807) is 48.5 Å². The lowest BCUT2D eigenvalue weighted by atomic mass is 9.90. The number of halogens is 1. The zero-order valence-corrected chi connectivity index (χ0v) is 19.3. The third-order valence-electron chi connectivity index (χ3n) is 6.04. The van der Waals surface area contributed by atoms with E-state index in [1.807, 2.05) is 13.0 Å². The number of anilines is 2. The number of fused-ring (bicyclic) bond motifs is 1. The average Bonchev–Trinajstić information content (AvgIpc) is 3.36. The summed E-state index contributed by atoms with van der Waals surface area (Å²) in [6, 6.07) is 18.7. The number of amides is 2. The van der Waals surface area contributed by atoms with E-state index in [2.05, 4.69) is 0 Å². The van der Waals surface area contributed by atoms with E-state index in [0.29, 0.717) is 29.3 Å². The number of benzene rings is 3. The van der Waals surface area contributed by atoms with Crippen LogP contribution in [0.4, 0.5) is 17.1 Å². The number of carbonyl (C=O) groups is 2. The van der Waals surface area contributed by atoms with Crippen LogP contribution in [0.5, 0.6) is 5.75 Å². The smallest absolute Gasteiger partial charge is 0.269 e. The van der Waals surface area contributed by atoms with Gasteiger partial charge in [-0.05, 0) is 49.4 Å². The first-order valence-corrected chi connectivity index (χ1v) is 11.3. The first-order chi connectivity index (χ1) is 16.9. The summed E-state index contributed by atoms with van der Waals surface area (Å²) >= 11 is 6.48. The largest absolute Gasteiger partial charge is 0.494 e. The zero-order valence-electron chi connectivity index (χ0n) is 18.5. The molecule has 0 N–H and O–H groups in total. The minimum absolute atomic E-state index is 0.180. The Balaban J connectivity index is 1.58. The number of nitro benzene ring substituents is 1. The molecule has 10 heteroatoms. The second-order valence-corrected chi connectivity index (χ2v) is 8.47. The number of imide groups is 1. The minimum atomic E-state index is -1.12. The predicted octanol–water partition coefficient (Wildman–Crippen LogP) is 4.70. The van der Waals surface area contributed by atoms with Crippen LogP contribution in [0.15, 0.2) is 72.8 Å². The molecule has 2 heterocycles. The second-order valence-electron chi connectivity index (χ2n) is 8.06. The average molecular weight is 494 g/mol. The molecule has 2 amide bonds. The topological polar surface area (TPSA) is 102 Å². The Morgan fingerprint density at radius 3 is 2.37 bits per heavy atom. The van der Waals surface area contributed by atoms with Crippen molar-refractivity contribution in [3.05, 3.63) is 93.5 Å². The quantitative estimate of drug-likeness (QED) is 0.278. The summed E-state index contributed by atoms with van der Waals surface area (Å²) in [5, 5.41) is 13.1. The lowest BCUT2D eigenvalue weighted by Gasteiger charge is -2.29. The van der Waals surface area contributed by atoms with Crippen molar-refractivity contribution >= 4 is 40.5 Å². The van der Waals surface area contributed by atoms with Crippen LogP contribution in [0.3, 0.4) is 0 Å². The van der Waals surface area contributed by atoms with E-state index in [1.165, 1.54) is 23.3 Å². The third-order valence-corrected chi connectivity index (χ3v) is 6.39. The van der Waals surface area contributed by atoms with Gasteiger partial charge in [0.1, 0.15) is 11.7 Å². The SMILES string of the molecule is CCOc1ccc(N2C(=O)[C@@H]3[C@H](ON(c4ccccc4)[C@H]3c3cc([N+](=O)[O-])ccc3Cl)C2=O)cc1. The molecule has 0 bridgehead atoms. The van der Waals surface area contributed by atoms with Gasteiger partial charge in [-0.3, -0.25) is 24.5 Å². The maximum absolute atomic E-state index is 13.7. The molecule has 3 atom stereocenters. The van der Waals surface area contributed by atoms with Gasteiger partial charge in [-0.2, -0.15) is 0 Å². The van der Waals surface area contributed by atoms with Gasteiger partial charge in [-0.1, -0.05) is 29.8 Å². The van der Waals surface area contributed by atoms with Crippen molar-refractivity contribution in [3.8, 4) is 5.75 Å². The number of carbonyl (C=O) groups excluding carboxylic acids is 2. The van der Waals surface area contributed by atoms with Crippen molar-refractivity contribution in [2.24, 2.45) is 5.92 Å². The Bertz CT molecular complexity index is 1300. The van der Waals surface area contributed by atoms with Crippen molar-refractivity contribution in [2.75, 3.05) is 16.6 Å². The molecule has 2 saturated heterocycles. The number of rotatable bonds is 6. The third kappa shape index (κ3) is 3.88. The number of ether oxygens (including phenoxy) is 1. The molecule has 35 heavy (non-hydrogen) atoms. The van der Waals surface area contributed by atoms with Gasteiger partial charge >= 0.3 is 0 Å². The van der Waals surface area contributed by atoms with Crippen LogP contribution in [0, 0.1) is 16.0 Å². The molecule has 2 aliphatic rings. The number of nitro groups is 1. The highest BCUT2D eigenvalue weighted by Gasteiger charge is 2.60. The Hall–Kier alpha value is -3.95. The molecule has 3 aromatic carbocycles. The Labute approximate surface area is 205 Å². The molecule has 0 spiro atoms. The van der Waals surface area contributed by atoms with Gasteiger partial charge in [-0.25, -0.2) is 9.96 Å². The summed E-state index contributed by atoms with van der Waals surface area (Å²) in [7, 11) is 0. The molecule has 9 nitrogen and oxygen atoms in total. The highest BCUT2D eigenvalue weighted by Crippen LogP contribution is 2.49.